The lowest BCUT2D eigenvalue weighted by Gasteiger charge is -2.12. The summed E-state index contributed by atoms with van der Waals surface area (Å²) < 4.78 is 15.1. The van der Waals surface area contributed by atoms with E-state index in [1.807, 2.05) is 30.3 Å². The van der Waals surface area contributed by atoms with Gasteiger partial charge >= 0.3 is 5.69 Å². The number of imidazole rings is 1. The first-order valence-electron chi connectivity index (χ1n) is 11.6. The Kier molecular flexibility index (Phi) is 5.33. The molecule has 1 saturated carbocycles. The van der Waals surface area contributed by atoms with E-state index in [-0.39, 0.29) is 23.4 Å². The standard InChI is InChI=1S/C26H22FN7O2/c27-18-7-5-15(6-8-18)20-4-2-1-3-16(20)13-28-22-12-23(30-19-9-10-19)34-24(32-22)17(14-29-34)11-21-25(35)33-26(36)31-21/h1-8,11-12,14,19,28,35H,9-10,13H2,(H2,31,33,36). The number of nitrogens with one attached hydrogen (secondary N) is 3. The molecule has 4 N–H and O–H groups in total. The van der Waals surface area contributed by atoms with Gasteiger partial charge in [-0.3, -0.25) is 9.98 Å². The lowest BCUT2D eigenvalue weighted by molar-refractivity contribution is 0.454. The van der Waals surface area contributed by atoms with Crippen LogP contribution in [0.1, 0.15) is 24.1 Å². The summed E-state index contributed by atoms with van der Waals surface area (Å²) in [6.07, 6.45) is 5.30. The zero-order valence-electron chi connectivity index (χ0n) is 19.1. The van der Waals surface area contributed by atoms with Crippen LogP contribution in [-0.2, 0) is 6.54 Å². The van der Waals surface area contributed by atoms with Crippen LogP contribution in [0.5, 0.6) is 5.88 Å². The van der Waals surface area contributed by atoms with Gasteiger partial charge in [-0.2, -0.15) is 9.61 Å². The summed E-state index contributed by atoms with van der Waals surface area (Å²) in [4.78, 5) is 25.9. The predicted molar refractivity (Wildman–Crippen MR) is 133 cm³/mol. The Labute approximate surface area is 203 Å². The van der Waals surface area contributed by atoms with Crippen LogP contribution in [0, 0.1) is 5.82 Å². The van der Waals surface area contributed by atoms with Crippen LogP contribution in [0.25, 0.3) is 22.9 Å². The number of halogens is 1. The number of aromatic hydroxyl groups is 1. The lowest BCUT2D eigenvalue weighted by atomic mass is 10.00. The van der Waals surface area contributed by atoms with Gasteiger partial charge in [-0.1, -0.05) is 36.4 Å². The van der Waals surface area contributed by atoms with Gasteiger partial charge in [0.05, 0.1) is 12.2 Å². The van der Waals surface area contributed by atoms with Crippen LogP contribution >= 0.6 is 0 Å². The fourth-order valence-corrected chi connectivity index (χ4v) is 4.06. The molecule has 2 aromatic carbocycles. The number of hydrogen-bond donors (Lipinski definition) is 4. The highest BCUT2D eigenvalue weighted by Gasteiger charge is 2.20. The summed E-state index contributed by atoms with van der Waals surface area (Å²) in [7, 11) is 0. The molecule has 6 rings (SSSR count). The van der Waals surface area contributed by atoms with Crippen molar-refractivity contribution in [3.8, 4) is 17.0 Å². The number of nitrogens with zero attached hydrogens (tertiary/aromatic N) is 4. The topological polar surface area (TPSA) is 123 Å². The van der Waals surface area contributed by atoms with Crippen molar-refractivity contribution in [1.29, 1.82) is 0 Å². The average Bonchev–Trinajstić information content (AvgIpc) is 3.51. The van der Waals surface area contributed by atoms with Crippen molar-refractivity contribution in [2.24, 2.45) is 4.99 Å². The molecule has 0 saturated heterocycles. The maximum atomic E-state index is 13.4. The van der Waals surface area contributed by atoms with E-state index in [0.717, 1.165) is 29.5 Å². The number of benzene rings is 2. The minimum atomic E-state index is -0.505. The molecule has 0 radical (unpaired) electrons. The van der Waals surface area contributed by atoms with Crippen molar-refractivity contribution in [3.63, 3.8) is 0 Å². The van der Waals surface area contributed by atoms with Gasteiger partial charge in [0.1, 0.15) is 17.3 Å². The van der Waals surface area contributed by atoms with Gasteiger partial charge in [0.25, 0.3) is 0 Å². The molecular formula is C26H22FN7O2. The van der Waals surface area contributed by atoms with E-state index in [1.54, 1.807) is 28.9 Å². The molecule has 0 spiro atoms. The molecule has 3 heterocycles. The maximum absolute atomic E-state index is 13.4. The fourth-order valence-electron chi connectivity index (χ4n) is 4.06. The molecule has 3 aromatic heterocycles. The molecule has 1 fully saturated rings. The Morgan fingerprint density at radius 1 is 1.17 bits per heavy atom. The normalized spacial score (nSPS) is 14.6. The predicted octanol–water partition coefficient (Wildman–Crippen LogP) is 2.48. The third-order valence-electron chi connectivity index (χ3n) is 6.01. The first-order chi connectivity index (χ1) is 17.5. The van der Waals surface area contributed by atoms with Crippen LogP contribution in [0.15, 0.2) is 70.6 Å². The first-order valence-corrected chi connectivity index (χ1v) is 11.6. The molecular weight excluding hydrogens is 461 g/mol. The van der Waals surface area contributed by atoms with Crippen LogP contribution in [-0.4, -0.2) is 35.7 Å². The molecule has 1 aliphatic rings. The summed E-state index contributed by atoms with van der Waals surface area (Å²) in [5, 5.41) is 18.4. The number of aromatic nitrogens is 5. The summed E-state index contributed by atoms with van der Waals surface area (Å²) in [5.74, 6) is 0.0796. The molecule has 0 bridgehead atoms. The zero-order valence-corrected chi connectivity index (χ0v) is 19.1. The molecule has 0 atom stereocenters. The summed E-state index contributed by atoms with van der Waals surface area (Å²) in [6, 6.07) is 16.5. The Hall–Kier alpha value is -4.73. The molecule has 1 aliphatic carbocycles. The second-order valence-electron chi connectivity index (χ2n) is 8.70. The highest BCUT2D eigenvalue weighted by Crippen LogP contribution is 2.25. The Balaban J connectivity index is 1.39. The van der Waals surface area contributed by atoms with E-state index in [9.17, 15) is 14.3 Å². The quantitative estimate of drug-likeness (QED) is 0.296. The highest BCUT2D eigenvalue weighted by atomic mass is 19.1. The first kappa shape index (κ1) is 21.8. The second kappa shape index (κ2) is 8.81. The van der Waals surface area contributed by atoms with Crippen LogP contribution in [0.3, 0.4) is 0 Å². The van der Waals surface area contributed by atoms with Gasteiger partial charge in [0.15, 0.2) is 11.1 Å². The molecule has 180 valence electrons. The number of H-pyrrole nitrogens is 2. The van der Waals surface area contributed by atoms with Crippen LogP contribution in [0.2, 0.25) is 0 Å². The van der Waals surface area contributed by atoms with Crippen molar-refractivity contribution in [3.05, 3.63) is 99.1 Å². The Bertz CT molecular complexity index is 1750. The molecule has 10 heteroatoms. The van der Waals surface area contributed by atoms with Gasteiger partial charge in [-0.25, -0.2) is 14.2 Å². The van der Waals surface area contributed by atoms with Crippen molar-refractivity contribution in [2.75, 3.05) is 5.32 Å². The third kappa shape index (κ3) is 4.36. The van der Waals surface area contributed by atoms with E-state index in [2.05, 4.69) is 20.4 Å². The molecule has 0 unspecified atom stereocenters. The van der Waals surface area contributed by atoms with Gasteiger partial charge in [-0.15, -0.1) is 0 Å². The number of rotatable bonds is 6. The zero-order chi connectivity index (χ0) is 24.6. The van der Waals surface area contributed by atoms with Crippen molar-refractivity contribution < 1.29 is 9.50 Å². The van der Waals surface area contributed by atoms with Gasteiger partial charge in [-0.05, 0) is 47.7 Å². The molecule has 5 aromatic rings. The number of fused-ring (bicyclic) bond motifs is 1. The molecule has 0 amide bonds. The van der Waals surface area contributed by atoms with Crippen LogP contribution in [0.4, 0.5) is 10.2 Å². The minimum absolute atomic E-state index is 0.240. The lowest BCUT2D eigenvalue weighted by Crippen LogP contribution is -2.20. The Morgan fingerprint density at radius 2 is 1.97 bits per heavy atom. The fraction of sp³-hybridized carbons (Fsp3) is 0.154. The van der Waals surface area contributed by atoms with E-state index in [4.69, 9.17) is 9.98 Å². The minimum Gasteiger partial charge on any atom is -0.493 e. The second-order valence-corrected chi connectivity index (χ2v) is 8.70. The molecule has 0 aliphatic heterocycles. The van der Waals surface area contributed by atoms with E-state index in [0.29, 0.717) is 28.7 Å². The number of anilines is 1. The summed E-state index contributed by atoms with van der Waals surface area (Å²) >= 11 is 0. The smallest absolute Gasteiger partial charge is 0.326 e. The van der Waals surface area contributed by atoms with Gasteiger partial charge in [0.2, 0.25) is 5.88 Å². The summed E-state index contributed by atoms with van der Waals surface area (Å²) in [5.41, 5.74) is 3.89. The van der Waals surface area contributed by atoms with E-state index < -0.39 is 5.69 Å². The highest BCUT2D eigenvalue weighted by molar-refractivity contribution is 5.68. The molecule has 9 nitrogen and oxygen atoms in total. The summed E-state index contributed by atoms with van der Waals surface area (Å²) in [6.45, 7) is 0.485. The number of aromatic amines is 2. The van der Waals surface area contributed by atoms with Crippen LogP contribution < -0.4 is 21.7 Å². The van der Waals surface area contributed by atoms with Crippen molar-refractivity contribution in [1.82, 2.24) is 24.6 Å². The average molecular weight is 484 g/mol. The van der Waals surface area contributed by atoms with E-state index >= 15 is 0 Å². The monoisotopic (exact) mass is 483 g/mol. The Morgan fingerprint density at radius 3 is 2.72 bits per heavy atom. The SMILES string of the molecule is O=c1[nH]c(O)c(C=c2cnn3c(=NC4CC4)cc(NCc4ccccc4-c4ccc(F)cc4)nc23)[nH]1. The van der Waals surface area contributed by atoms with E-state index in [1.165, 1.54) is 12.1 Å². The third-order valence-corrected chi connectivity index (χ3v) is 6.01. The maximum Gasteiger partial charge on any atom is 0.326 e. The van der Waals surface area contributed by atoms with Gasteiger partial charge in [0, 0.05) is 17.8 Å². The van der Waals surface area contributed by atoms with Crippen molar-refractivity contribution >= 4 is 17.5 Å². The van der Waals surface area contributed by atoms with Gasteiger partial charge < -0.3 is 15.4 Å². The van der Waals surface area contributed by atoms with Crippen molar-refractivity contribution in [2.45, 2.75) is 25.4 Å². The largest absolute Gasteiger partial charge is 0.493 e. The molecule has 36 heavy (non-hydrogen) atoms. The number of hydrogen-bond acceptors (Lipinski definition) is 6.